The fraction of sp³-hybridized carbons (Fsp3) is 0.500. The molecule has 2 atom stereocenters. The van der Waals surface area contributed by atoms with E-state index in [1.165, 1.54) is 7.11 Å². The number of methoxy groups -OCH3 is 1. The lowest BCUT2D eigenvalue weighted by Crippen LogP contribution is -2.50. The predicted molar refractivity (Wildman–Crippen MR) is 71.0 cm³/mol. The van der Waals surface area contributed by atoms with Crippen LogP contribution in [0.15, 0.2) is 24.3 Å². The van der Waals surface area contributed by atoms with Crippen molar-refractivity contribution < 1.29 is 22.7 Å². The zero-order valence-corrected chi connectivity index (χ0v) is 11.6. The van der Waals surface area contributed by atoms with Gasteiger partial charge < -0.3 is 10.1 Å². The Bertz CT molecular complexity index is 482. The first-order chi connectivity index (χ1) is 10.0. The zero-order chi connectivity index (χ0) is 15.4. The van der Waals surface area contributed by atoms with Crippen molar-refractivity contribution in [3.63, 3.8) is 0 Å². The van der Waals surface area contributed by atoms with Crippen LogP contribution in [0.4, 0.5) is 13.2 Å². The molecule has 1 aliphatic heterocycles. The van der Waals surface area contributed by atoms with Gasteiger partial charge in [0.25, 0.3) is 6.43 Å². The second kappa shape index (κ2) is 6.91. The van der Waals surface area contributed by atoms with Gasteiger partial charge in [-0.1, -0.05) is 12.1 Å². The van der Waals surface area contributed by atoms with Crippen molar-refractivity contribution in [3.05, 3.63) is 35.4 Å². The summed E-state index contributed by atoms with van der Waals surface area (Å²) in [7, 11) is 1.29. The molecule has 21 heavy (non-hydrogen) atoms. The van der Waals surface area contributed by atoms with E-state index in [9.17, 15) is 18.0 Å². The van der Waals surface area contributed by atoms with Crippen LogP contribution in [0.5, 0.6) is 0 Å². The number of ether oxygens (including phenoxy) is 1. The molecule has 7 heteroatoms. The van der Waals surface area contributed by atoms with Gasteiger partial charge in [-0.2, -0.15) is 0 Å². The Morgan fingerprint density at radius 1 is 1.33 bits per heavy atom. The number of carbonyl (C=O) groups is 1. The monoisotopic (exact) mass is 302 g/mol. The number of nitrogens with one attached hydrogen (secondary N) is 1. The van der Waals surface area contributed by atoms with Crippen LogP contribution in [0.25, 0.3) is 0 Å². The molecule has 0 spiro atoms. The van der Waals surface area contributed by atoms with Crippen molar-refractivity contribution in [1.82, 2.24) is 10.2 Å². The van der Waals surface area contributed by atoms with Gasteiger partial charge in [-0.05, 0) is 17.7 Å². The summed E-state index contributed by atoms with van der Waals surface area (Å²) in [6, 6.07) is 6.37. The molecule has 1 fully saturated rings. The van der Waals surface area contributed by atoms with Crippen molar-refractivity contribution in [2.45, 2.75) is 18.8 Å². The molecule has 4 nitrogen and oxygen atoms in total. The molecular formula is C14H17F3N2O2. The van der Waals surface area contributed by atoms with Gasteiger partial charge in [-0.25, -0.2) is 18.0 Å². The quantitative estimate of drug-likeness (QED) is 0.682. The van der Waals surface area contributed by atoms with Gasteiger partial charge in [-0.15, -0.1) is 0 Å². The average molecular weight is 302 g/mol. The molecule has 1 aromatic rings. The molecule has 0 saturated carbocycles. The van der Waals surface area contributed by atoms with E-state index in [1.807, 2.05) is 0 Å². The number of piperazine rings is 1. The highest BCUT2D eigenvalue weighted by molar-refractivity contribution is 5.89. The van der Waals surface area contributed by atoms with E-state index in [-0.39, 0.29) is 19.1 Å². The van der Waals surface area contributed by atoms with E-state index >= 15 is 0 Å². The van der Waals surface area contributed by atoms with Gasteiger partial charge in [0.1, 0.15) is 0 Å². The van der Waals surface area contributed by atoms with Gasteiger partial charge in [0, 0.05) is 25.7 Å². The maximum absolute atomic E-state index is 13.4. The topological polar surface area (TPSA) is 41.6 Å². The Kier molecular flexibility index (Phi) is 5.19. The molecule has 2 unspecified atom stereocenters. The lowest BCUT2D eigenvalue weighted by atomic mass is 10.0. The summed E-state index contributed by atoms with van der Waals surface area (Å²) in [5, 5.41) is 3.15. The molecule has 1 aliphatic rings. The van der Waals surface area contributed by atoms with E-state index in [1.54, 1.807) is 24.3 Å². The molecule has 1 aromatic carbocycles. The Morgan fingerprint density at radius 2 is 2.00 bits per heavy atom. The van der Waals surface area contributed by atoms with E-state index in [0.717, 1.165) is 10.5 Å². The van der Waals surface area contributed by atoms with Crippen LogP contribution >= 0.6 is 0 Å². The highest BCUT2D eigenvalue weighted by Gasteiger charge is 2.31. The molecule has 116 valence electrons. The van der Waals surface area contributed by atoms with Crippen LogP contribution in [0.2, 0.25) is 0 Å². The molecule has 0 amide bonds. The Hall–Kier alpha value is -1.60. The van der Waals surface area contributed by atoms with Crippen LogP contribution in [0.1, 0.15) is 22.0 Å². The van der Waals surface area contributed by atoms with E-state index in [2.05, 4.69) is 10.1 Å². The first-order valence-electron chi connectivity index (χ1n) is 6.61. The fourth-order valence-corrected chi connectivity index (χ4v) is 2.35. The first-order valence-corrected chi connectivity index (χ1v) is 6.61. The minimum Gasteiger partial charge on any atom is -0.465 e. The number of halogens is 3. The highest BCUT2D eigenvalue weighted by Crippen LogP contribution is 2.22. The Balaban J connectivity index is 2.06. The summed E-state index contributed by atoms with van der Waals surface area (Å²) in [5.41, 5.74) is 1.22. The molecule has 0 radical (unpaired) electrons. The van der Waals surface area contributed by atoms with Crippen LogP contribution < -0.4 is 5.32 Å². The number of esters is 1. The number of benzene rings is 1. The molecule has 2 rings (SSSR count). The van der Waals surface area contributed by atoms with Crippen LogP contribution in [-0.4, -0.2) is 50.3 Å². The second-order valence-corrected chi connectivity index (χ2v) is 4.82. The second-order valence-electron chi connectivity index (χ2n) is 4.82. The highest BCUT2D eigenvalue weighted by atomic mass is 19.3. The van der Waals surface area contributed by atoms with Gasteiger partial charge in [0.05, 0.1) is 12.7 Å². The van der Waals surface area contributed by atoms with Crippen molar-refractivity contribution in [3.8, 4) is 0 Å². The fourth-order valence-electron chi connectivity index (χ4n) is 2.35. The third-order valence-corrected chi connectivity index (χ3v) is 3.50. The lowest BCUT2D eigenvalue weighted by molar-refractivity contribution is -0.0589. The van der Waals surface area contributed by atoms with E-state index < -0.39 is 18.7 Å². The summed E-state index contributed by atoms with van der Waals surface area (Å²) in [6.45, 7) is 0.821. The first kappa shape index (κ1) is 15.8. The van der Waals surface area contributed by atoms with Crippen LogP contribution in [0.3, 0.4) is 0 Å². The minimum absolute atomic E-state index is 0.156. The summed E-state index contributed by atoms with van der Waals surface area (Å²) < 4.78 is 42.9. The minimum atomic E-state index is -3.01. The number of alkyl halides is 3. The largest absolute Gasteiger partial charge is 0.465 e. The standard InChI is InChI=1S/C14H17F3N2O2/c1-21-14(20)10-4-2-9(3-5-10)11-8-19(7-6-18-11)13(17)12(15)16/h2-5,11-13,18H,6-8H2,1H3. The van der Waals surface area contributed by atoms with Gasteiger partial charge in [0.2, 0.25) is 6.30 Å². The SMILES string of the molecule is COC(=O)c1ccc(C2CN(C(F)C(F)F)CCN2)cc1. The maximum atomic E-state index is 13.4. The van der Waals surface area contributed by atoms with Crippen molar-refractivity contribution in [2.24, 2.45) is 0 Å². The van der Waals surface area contributed by atoms with Gasteiger partial charge in [-0.3, -0.25) is 4.90 Å². The summed E-state index contributed by atoms with van der Waals surface area (Å²) in [4.78, 5) is 12.5. The summed E-state index contributed by atoms with van der Waals surface area (Å²) in [5.74, 6) is -0.443. The maximum Gasteiger partial charge on any atom is 0.337 e. The average Bonchev–Trinajstić information content (AvgIpc) is 2.53. The van der Waals surface area contributed by atoms with Crippen molar-refractivity contribution in [1.29, 1.82) is 0 Å². The Labute approximate surface area is 120 Å². The van der Waals surface area contributed by atoms with Crippen molar-refractivity contribution >= 4 is 5.97 Å². The Morgan fingerprint density at radius 3 is 2.57 bits per heavy atom. The third kappa shape index (κ3) is 3.74. The number of hydrogen-bond acceptors (Lipinski definition) is 4. The number of hydrogen-bond donors (Lipinski definition) is 1. The molecule has 0 bridgehead atoms. The molecule has 0 aromatic heterocycles. The number of rotatable bonds is 4. The van der Waals surface area contributed by atoms with Gasteiger partial charge in [0.15, 0.2) is 0 Å². The van der Waals surface area contributed by atoms with Crippen LogP contribution in [0, 0.1) is 0 Å². The normalized spacial score (nSPS) is 21.3. The van der Waals surface area contributed by atoms with E-state index in [0.29, 0.717) is 12.1 Å². The summed E-state index contributed by atoms with van der Waals surface area (Å²) in [6.07, 6.45) is -5.26. The molecule has 1 N–H and O–H groups in total. The molecule has 1 heterocycles. The lowest BCUT2D eigenvalue weighted by Gasteiger charge is -2.35. The van der Waals surface area contributed by atoms with E-state index in [4.69, 9.17) is 0 Å². The third-order valence-electron chi connectivity index (χ3n) is 3.50. The van der Waals surface area contributed by atoms with Crippen molar-refractivity contribution in [2.75, 3.05) is 26.7 Å². The number of nitrogens with zero attached hydrogens (tertiary/aromatic N) is 1. The molecule has 0 aliphatic carbocycles. The summed E-state index contributed by atoms with van der Waals surface area (Å²) >= 11 is 0. The number of carbonyl (C=O) groups excluding carboxylic acids is 1. The van der Waals surface area contributed by atoms with Crippen LogP contribution in [-0.2, 0) is 4.74 Å². The smallest absolute Gasteiger partial charge is 0.337 e. The van der Waals surface area contributed by atoms with Gasteiger partial charge >= 0.3 is 5.97 Å². The predicted octanol–water partition coefficient (Wildman–Crippen LogP) is 1.98. The molecule has 1 saturated heterocycles. The zero-order valence-electron chi connectivity index (χ0n) is 11.6. The molecular weight excluding hydrogens is 285 g/mol.